The predicted molar refractivity (Wildman–Crippen MR) is 103 cm³/mol. The molecule has 3 aromatic rings. The van der Waals surface area contributed by atoms with Crippen molar-refractivity contribution >= 4 is 34.4 Å². The van der Waals surface area contributed by atoms with E-state index in [2.05, 4.69) is 10.3 Å². The Morgan fingerprint density at radius 3 is 2.69 bits per heavy atom. The van der Waals surface area contributed by atoms with Crippen molar-refractivity contribution in [2.24, 2.45) is 0 Å². The highest BCUT2D eigenvalue weighted by molar-refractivity contribution is 6.06. The van der Waals surface area contributed by atoms with Crippen LogP contribution in [0.3, 0.4) is 0 Å². The number of nitro benzene ring substituents is 1. The van der Waals surface area contributed by atoms with Gasteiger partial charge in [0.05, 0.1) is 17.1 Å². The van der Waals surface area contributed by atoms with E-state index < -0.39 is 16.8 Å². The Hall–Kier alpha value is -3.75. The van der Waals surface area contributed by atoms with Crippen LogP contribution >= 0.6 is 0 Å². The molecule has 2 aromatic carbocycles. The lowest BCUT2D eigenvalue weighted by Crippen LogP contribution is -2.14. The van der Waals surface area contributed by atoms with E-state index >= 15 is 0 Å². The van der Waals surface area contributed by atoms with Crippen molar-refractivity contribution in [2.45, 2.75) is 25.7 Å². The van der Waals surface area contributed by atoms with Crippen molar-refractivity contribution in [3.63, 3.8) is 0 Å². The number of fused-ring (bicyclic) bond motifs is 1. The molecule has 1 heterocycles. The molecule has 0 radical (unpaired) electrons. The Bertz CT molecular complexity index is 1130. The molecular formula is C20H17N3O6. The Kier molecular flexibility index (Phi) is 4.71. The monoisotopic (exact) mass is 395 g/mol. The highest BCUT2D eigenvalue weighted by Gasteiger charge is 2.29. The van der Waals surface area contributed by atoms with Crippen LogP contribution in [0.15, 0.2) is 40.8 Å². The number of rotatable bonds is 6. The van der Waals surface area contributed by atoms with Crippen molar-refractivity contribution in [1.82, 2.24) is 4.98 Å². The van der Waals surface area contributed by atoms with E-state index in [1.165, 1.54) is 6.07 Å². The molecule has 1 fully saturated rings. The minimum atomic E-state index is -0.734. The number of hydrogen-bond acceptors (Lipinski definition) is 7. The maximum absolute atomic E-state index is 12.7. The van der Waals surface area contributed by atoms with E-state index in [9.17, 15) is 19.7 Å². The zero-order valence-electron chi connectivity index (χ0n) is 15.5. The minimum absolute atomic E-state index is 0.0267. The predicted octanol–water partition coefficient (Wildman–Crippen LogP) is 4.04. The lowest BCUT2D eigenvalue weighted by atomic mass is 10.1. The van der Waals surface area contributed by atoms with Crippen molar-refractivity contribution in [3.05, 3.63) is 63.5 Å². The first kappa shape index (κ1) is 18.6. The second-order valence-electron chi connectivity index (χ2n) is 6.71. The first-order valence-corrected chi connectivity index (χ1v) is 9.13. The number of amides is 1. The van der Waals surface area contributed by atoms with Crippen LogP contribution in [0, 0.1) is 10.1 Å². The number of benzene rings is 2. The number of esters is 1. The number of nitrogens with zero attached hydrogens (tertiary/aromatic N) is 2. The van der Waals surface area contributed by atoms with Gasteiger partial charge in [0.15, 0.2) is 11.5 Å². The van der Waals surface area contributed by atoms with Gasteiger partial charge in [-0.25, -0.2) is 9.78 Å². The van der Waals surface area contributed by atoms with E-state index in [0.717, 1.165) is 25.0 Å². The lowest BCUT2D eigenvalue weighted by Gasteiger charge is -2.07. The van der Waals surface area contributed by atoms with E-state index in [1.54, 1.807) is 25.1 Å². The molecule has 1 aliphatic rings. The first-order valence-electron chi connectivity index (χ1n) is 9.13. The van der Waals surface area contributed by atoms with Crippen molar-refractivity contribution in [1.29, 1.82) is 0 Å². The number of hydrogen-bond donors (Lipinski definition) is 1. The normalized spacial score (nSPS) is 13.3. The summed E-state index contributed by atoms with van der Waals surface area (Å²) in [5, 5.41) is 13.9. The molecule has 148 valence electrons. The zero-order valence-corrected chi connectivity index (χ0v) is 15.5. The fraction of sp³-hybridized carbons (Fsp3) is 0.250. The van der Waals surface area contributed by atoms with Gasteiger partial charge < -0.3 is 14.5 Å². The summed E-state index contributed by atoms with van der Waals surface area (Å²) in [5.41, 5.74) is 1.25. The largest absolute Gasteiger partial charge is 0.462 e. The maximum atomic E-state index is 12.7. The molecule has 0 unspecified atom stereocenters. The molecule has 0 atom stereocenters. The van der Waals surface area contributed by atoms with E-state index in [4.69, 9.17) is 9.15 Å². The van der Waals surface area contributed by atoms with Gasteiger partial charge in [0.25, 0.3) is 11.6 Å². The first-order chi connectivity index (χ1) is 13.9. The van der Waals surface area contributed by atoms with Crippen LogP contribution in [-0.2, 0) is 4.74 Å². The number of anilines is 1. The lowest BCUT2D eigenvalue weighted by molar-refractivity contribution is -0.384. The summed E-state index contributed by atoms with van der Waals surface area (Å²) in [5.74, 6) is -0.265. The summed E-state index contributed by atoms with van der Waals surface area (Å²) < 4.78 is 10.6. The summed E-state index contributed by atoms with van der Waals surface area (Å²) in [6.07, 6.45) is 2.12. The van der Waals surface area contributed by atoms with Crippen LogP contribution in [0.2, 0.25) is 0 Å². The van der Waals surface area contributed by atoms with E-state index in [0.29, 0.717) is 28.6 Å². The average Bonchev–Trinajstić information content (AvgIpc) is 3.47. The minimum Gasteiger partial charge on any atom is -0.462 e. The molecule has 1 aliphatic carbocycles. The molecule has 9 heteroatoms. The molecule has 9 nitrogen and oxygen atoms in total. The highest BCUT2D eigenvalue weighted by atomic mass is 16.6. The zero-order chi connectivity index (χ0) is 20.5. The molecule has 0 aliphatic heterocycles. The summed E-state index contributed by atoms with van der Waals surface area (Å²) in [6.45, 7) is 1.74. The van der Waals surface area contributed by atoms with Crippen LogP contribution in [0.5, 0.6) is 0 Å². The Labute approximate surface area is 164 Å². The number of nitrogens with one attached hydrogen (secondary N) is 1. The quantitative estimate of drug-likeness (QED) is 0.379. The van der Waals surface area contributed by atoms with Gasteiger partial charge in [0, 0.05) is 29.3 Å². The van der Waals surface area contributed by atoms with Gasteiger partial charge in [-0.1, -0.05) is 0 Å². The summed E-state index contributed by atoms with van der Waals surface area (Å²) >= 11 is 0. The van der Waals surface area contributed by atoms with Crippen LogP contribution in [-0.4, -0.2) is 28.4 Å². The third-order valence-electron chi connectivity index (χ3n) is 4.49. The number of aromatic nitrogens is 1. The molecule has 1 aromatic heterocycles. The smallest absolute Gasteiger partial charge is 0.338 e. The number of oxazole rings is 1. The Balaban J connectivity index is 1.60. The third kappa shape index (κ3) is 3.93. The summed E-state index contributed by atoms with van der Waals surface area (Å²) in [7, 11) is 0. The third-order valence-corrected chi connectivity index (χ3v) is 4.49. The van der Waals surface area contributed by atoms with Crippen LogP contribution in [0.4, 0.5) is 11.4 Å². The van der Waals surface area contributed by atoms with Crippen molar-refractivity contribution in [3.8, 4) is 0 Å². The van der Waals surface area contributed by atoms with Gasteiger partial charge >= 0.3 is 5.97 Å². The van der Waals surface area contributed by atoms with Crippen LogP contribution in [0.25, 0.3) is 11.1 Å². The molecule has 0 spiro atoms. The van der Waals surface area contributed by atoms with Crippen LogP contribution < -0.4 is 5.32 Å². The standard InChI is InChI=1S/C20H17N3O6/c1-2-28-20(25)13-7-12(8-15(9-13)23(26)27)18(24)21-14-5-6-17-16(10-14)22-19(29-17)11-3-4-11/h5-11H,2-4H2,1H3,(H,21,24). The van der Waals surface area contributed by atoms with Gasteiger partial charge in [-0.15, -0.1) is 0 Å². The van der Waals surface area contributed by atoms with Gasteiger partial charge in [0.1, 0.15) is 5.52 Å². The molecule has 1 N–H and O–H groups in total. The van der Waals surface area contributed by atoms with Gasteiger partial charge in [-0.2, -0.15) is 0 Å². The summed E-state index contributed by atoms with van der Waals surface area (Å²) in [6, 6.07) is 8.49. The highest BCUT2D eigenvalue weighted by Crippen LogP contribution is 2.40. The topological polar surface area (TPSA) is 125 Å². The number of non-ortho nitro benzene ring substituents is 1. The van der Waals surface area contributed by atoms with E-state index in [1.807, 2.05) is 0 Å². The number of ether oxygens (including phenoxy) is 1. The van der Waals surface area contributed by atoms with Gasteiger partial charge in [-0.3, -0.25) is 14.9 Å². The molecule has 1 saturated carbocycles. The van der Waals surface area contributed by atoms with E-state index in [-0.39, 0.29) is 23.4 Å². The maximum Gasteiger partial charge on any atom is 0.338 e. The molecule has 29 heavy (non-hydrogen) atoms. The molecule has 1 amide bonds. The summed E-state index contributed by atoms with van der Waals surface area (Å²) in [4.78, 5) is 39.6. The van der Waals surface area contributed by atoms with Gasteiger partial charge in [0.2, 0.25) is 0 Å². The van der Waals surface area contributed by atoms with Crippen LogP contribution in [0.1, 0.15) is 52.3 Å². The van der Waals surface area contributed by atoms with Gasteiger partial charge in [-0.05, 0) is 44.0 Å². The number of carbonyl (C=O) groups is 2. The fourth-order valence-electron chi connectivity index (χ4n) is 2.91. The fourth-order valence-corrected chi connectivity index (χ4v) is 2.91. The molecule has 0 saturated heterocycles. The van der Waals surface area contributed by atoms with Crippen molar-refractivity contribution in [2.75, 3.05) is 11.9 Å². The average molecular weight is 395 g/mol. The molecule has 4 rings (SSSR count). The van der Waals surface area contributed by atoms with Crippen molar-refractivity contribution < 1.29 is 23.7 Å². The Morgan fingerprint density at radius 1 is 1.24 bits per heavy atom. The second-order valence-corrected chi connectivity index (χ2v) is 6.71. The molecule has 0 bridgehead atoms. The number of carbonyl (C=O) groups excluding carboxylic acids is 2. The second kappa shape index (κ2) is 7.34. The SMILES string of the molecule is CCOC(=O)c1cc(C(=O)Nc2ccc3oc(C4CC4)nc3c2)cc([N+](=O)[O-])c1. The molecular weight excluding hydrogens is 378 g/mol. The number of nitro groups is 1. The Morgan fingerprint density at radius 2 is 2.00 bits per heavy atom.